The third kappa shape index (κ3) is 7.59. The Morgan fingerprint density at radius 1 is 0.909 bits per heavy atom. The predicted octanol–water partition coefficient (Wildman–Crippen LogP) is 6.54. The summed E-state index contributed by atoms with van der Waals surface area (Å²) in [5.74, 6) is 0.597. The van der Waals surface area contributed by atoms with Crippen molar-refractivity contribution in [3.63, 3.8) is 0 Å². The summed E-state index contributed by atoms with van der Waals surface area (Å²) in [5, 5.41) is 6.36. The standard InChI is InChI=1S/C27H33FN4O/c1-21-12-11-13-22(2)26(21)31-27(33)32(20-23-14-5-6-15-24(23)28)19-10-4-3-8-17-29-25-16-7-9-18-30-25/h5-7,9,11-16,18H,3-4,8,10,17,19-20H2,1-2H3,(H,29,30)(H,31,33). The van der Waals surface area contributed by atoms with E-state index in [1.807, 2.05) is 50.2 Å². The molecule has 0 radical (unpaired) electrons. The van der Waals surface area contributed by atoms with Crippen LogP contribution in [0, 0.1) is 19.7 Å². The average Bonchev–Trinajstić information content (AvgIpc) is 2.82. The predicted molar refractivity (Wildman–Crippen MR) is 133 cm³/mol. The Kier molecular flexibility index (Phi) is 9.24. The van der Waals surface area contributed by atoms with Gasteiger partial charge in [0.05, 0.1) is 6.54 Å². The van der Waals surface area contributed by atoms with Crippen molar-refractivity contribution in [1.82, 2.24) is 9.88 Å². The van der Waals surface area contributed by atoms with Gasteiger partial charge >= 0.3 is 6.03 Å². The molecule has 3 aromatic rings. The number of nitrogens with zero attached hydrogens (tertiary/aromatic N) is 2. The number of para-hydroxylation sites is 1. The number of hydrogen-bond donors (Lipinski definition) is 2. The second-order valence-electron chi connectivity index (χ2n) is 8.27. The molecule has 0 saturated carbocycles. The fourth-order valence-corrected chi connectivity index (χ4v) is 3.75. The first-order chi connectivity index (χ1) is 16.0. The van der Waals surface area contributed by atoms with Crippen molar-refractivity contribution >= 4 is 17.5 Å². The van der Waals surface area contributed by atoms with Crippen LogP contribution in [0.4, 0.5) is 20.7 Å². The van der Waals surface area contributed by atoms with Crippen LogP contribution in [0.5, 0.6) is 0 Å². The van der Waals surface area contributed by atoms with Crippen molar-refractivity contribution in [3.05, 3.63) is 89.4 Å². The summed E-state index contributed by atoms with van der Waals surface area (Å²) in [7, 11) is 0. The van der Waals surface area contributed by atoms with Gasteiger partial charge in [0.2, 0.25) is 0 Å². The molecule has 0 saturated heterocycles. The number of rotatable bonds is 11. The Hall–Kier alpha value is -3.41. The van der Waals surface area contributed by atoms with Crippen LogP contribution in [0.25, 0.3) is 0 Å². The second-order valence-corrected chi connectivity index (χ2v) is 8.27. The molecule has 33 heavy (non-hydrogen) atoms. The van der Waals surface area contributed by atoms with Crippen LogP contribution in [0.2, 0.25) is 0 Å². The summed E-state index contributed by atoms with van der Waals surface area (Å²) in [6.07, 6.45) is 5.70. The lowest BCUT2D eigenvalue weighted by atomic mass is 10.1. The molecule has 174 valence electrons. The van der Waals surface area contributed by atoms with Gasteiger partial charge in [-0.25, -0.2) is 14.2 Å². The number of aromatic nitrogens is 1. The molecular formula is C27H33FN4O. The van der Waals surface area contributed by atoms with Gasteiger partial charge in [0.1, 0.15) is 11.6 Å². The molecule has 5 nitrogen and oxygen atoms in total. The zero-order valence-electron chi connectivity index (χ0n) is 19.5. The summed E-state index contributed by atoms with van der Waals surface area (Å²) in [5.41, 5.74) is 3.36. The van der Waals surface area contributed by atoms with E-state index in [4.69, 9.17) is 0 Å². The average molecular weight is 449 g/mol. The molecule has 1 heterocycles. The molecule has 0 aliphatic rings. The Morgan fingerprint density at radius 2 is 1.64 bits per heavy atom. The smallest absolute Gasteiger partial charge is 0.322 e. The number of anilines is 2. The van der Waals surface area contributed by atoms with E-state index < -0.39 is 0 Å². The van der Waals surface area contributed by atoms with Crippen molar-refractivity contribution < 1.29 is 9.18 Å². The van der Waals surface area contributed by atoms with Crippen LogP contribution < -0.4 is 10.6 Å². The second kappa shape index (κ2) is 12.6. The highest BCUT2D eigenvalue weighted by atomic mass is 19.1. The summed E-state index contributed by atoms with van der Waals surface area (Å²) in [6.45, 7) is 5.62. The lowest BCUT2D eigenvalue weighted by Gasteiger charge is -2.24. The number of aryl methyl sites for hydroxylation is 2. The SMILES string of the molecule is Cc1cccc(C)c1NC(=O)N(CCCCCCNc1ccccn1)Cc1ccccc1F. The van der Waals surface area contributed by atoms with Crippen LogP contribution in [0.3, 0.4) is 0 Å². The number of nitrogens with one attached hydrogen (secondary N) is 2. The molecule has 0 aliphatic heterocycles. The highest BCUT2D eigenvalue weighted by molar-refractivity contribution is 5.91. The molecule has 0 atom stereocenters. The molecule has 1 aromatic heterocycles. The van der Waals surface area contributed by atoms with Crippen molar-refractivity contribution in [1.29, 1.82) is 0 Å². The highest BCUT2D eigenvalue weighted by Gasteiger charge is 2.17. The molecule has 0 unspecified atom stereocenters. The molecule has 3 rings (SSSR count). The van der Waals surface area contributed by atoms with Crippen LogP contribution in [-0.4, -0.2) is 29.0 Å². The zero-order chi connectivity index (χ0) is 23.5. The summed E-state index contributed by atoms with van der Waals surface area (Å²) < 4.78 is 14.3. The number of hydrogen-bond acceptors (Lipinski definition) is 3. The van der Waals surface area contributed by atoms with Gasteiger partial charge in [-0.15, -0.1) is 0 Å². The summed E-state index contributed by atoms with van der Waals surface area (Å²) >= 11 is 0. The Balaban J connectivity index is 1.53. The third-order valence-corrected chi connectivity index (χ3v) is 5.65. The fourth-order valence-electron chi connectivity index (χ4n) is 3.75. The van der Waals surface area contributed by atoms with Gasteiger partial charge in [-0.1, -0.05) is 55.3 Å². The van der Waals surface area contributed by atoms with Crippen LogP contribution >= 0.6 is 0 Å². The van der Waals surface area contributed by atoms with E-state index in [1.54, 1.807) is 29.3 Å². The number of carbonyl (C=O) groups excluding carboxylic acids is 1. The van der Waals surface area contributed by atoms with Gasteiger partial charge in [-0.3, -0.25) is 0 Å². The summed E-state index contributed by atoms with van der Waals surface area (Å²) in [6, 6.07) is 18.2. The van der Waals surface area contributed by atoms with Crippen molar-refractivity contribution in [2.24, 2.45) is 0 Å². The monoisotopic (exact) mass is 448 g/mol. The largest absolute Gasteiger partial charge is 0.370 e. The quantitative estimate of drug-likeness (QED) is 0.327. The van der Waals surface area contributed by atoms with Crippen LogP contribution in [0.1, 0.15) is 42.4 Å². The van der Waals surface area contributed by atoms with E-state index in [1.165, 1.54) is 6.07 Å². The topological polar surface area (TPSA) is 57.3 Å². The van der Waals surface area contributed by atoms with Crippen LogP contribution in [0.15, 0.2) is 66.9 Å². The Bertz CT molecular complexity index is 1010. The molecule has 0 spiro atoms. The van der Waals surface area contributed by atoms with Gasteiger partial charge < -0.3 is 15.5 Å². The molecule has 2 amide bonds. The molecule has 2 N–H and O–H groups in total. The minimum absolute atomic E-state index is 0.201. The van der Waals surface area contributed by atoms with Crippen molar-refractivity contribution in [3.8, 4) is 0 Å². The first-order valence-corrected chi connectivity index (χ1v) is 11.5. The van der Waals surface area contributed by atoms with Crippen LogP contribution in [-0.2, 0) is 6.54 Å². The van der Waals surface area contributed by atoms with E-state index in [2.05, 4.69) is 15.6 Å². The minimum Gasteiger partial charge on any atom is -0.370 e. The van der Waals surface area contributed by atoms with Crippen molar-refractivity contribution in [2.75, 3.05) is 23.7 Å². The lowest BCUT2D eigenvalue weighted by molar-refractivity contribution is 0.207. The molecule has 0 bridgehead atoms. The number of carbonyl (C=O) groups is 1. The fraction of sp³-hybridized carbons (Fsp3) is 0.333. The van der Waals surface area contributed by atoms with E-state index in [9.17, 15) is 9.18 Å². The first-order valence-electron chi connectivity index (χ1n) is 11.5. The van der Waals surface area contributed by atoms with Gasteiger partial charge in [0, 0.05) is 30.5 Å². The number of amides is 2. The molecule has 2 aromatic carbocycles. The molecular weight excluding hydrogens is 415 g/mol. The van der Waals surface area contributed by atoms with Gasteiger partial charge in [-0.05, 0) is 56.0 Å². The summed E-state index contributed by atoms with van der Waals surface area (Å²) in [4.78, 5) is 19.1. The van der Waals surface area contributed by atoms with Gasteiger partial charge in [0.25, 0.3) is 0 Å². The number of urea groups is 1. The highest BCUT2D eigenvalue weighted by Crippen LogP contribution is 2.21. The van der Waals surface area contributed by atoms with E-state index >= 15 is 0 Å². The minimum atomic E-state index is -0.289. The first kappa shape index (κ1) is 24.2. The maximum Gasteiger partial charge on any atom is 0.322 e. The van der Waals surface area contributed by atoms with Crippen molar-refractivity contribution in [2.45, 2.75) is 46.1 Å². The molecule has 0 fully saturated rings. The van der Waals surface area contributed by atoms with Gasteiger partial charge in [-0.2, -0.15) is 0 Å². The normalized spacial score (nSPS) is 10.6. The molecule has 6 heteroatoms. The number of benzene rings is 2. The number of pyridine rings is 1. The van der Waals surface area contributed by atoms with E-state index in [-0.39, 0.29) is 18.4 Å². The van der Waals surface area contributed by atoms with Gasteiger partial charge in [0.15, 0.2) is 0 Å². The number of unbranched alkanes of at least 4 members (excludes halogenated alkanes) is 3. The Morgan fingerprint density at radius 3 is 2.36 bits per heavy atom. The zero-order valence-corrected chi connectivity index (χ0v) is 19.5. The van der Waals surface area contributed by atoms with E-state index in [0.717, 1.165) is 54.9 Å². The molecule has 0 aliphatic carbocycles. The van der Waals surface area contributed by atoms with E-state index in [0.29, 0.717) is 12.1 Å². The third-order valence-electron chi connectivity index (χ3n) is 5.65. The lowest BCUT2D eigenvalue weighted by Crippen LogP contribution is -2.36. The number of halogens is 1. The maximum absolute atomic E-state index is 14.3. The Labute approximate surface area is 196 Å². The maximum atomic E-state index is 14.3.